The van der Waals surface area contributed by atoms with Gasteiger partial charge in [0.15, 0.2) is 0 Å². The Morgan fingerprint density at radius 2 is 1.59 bits per heavy atom. The number of nitrogens with one attached hydrogen (secondary N) is 1. The van der Waals surface area contributed by atoms with E-state index in [0.29, 0.717) is 12.3 Å². The molecule has 1 aromatic rings. The normalized spacial score (nSPS) is 13.0. The second-order valence-corrected chi connectivity index (χ2v) is 6.89. The van der Waals surface area contributed by atoms with E-state index in [1.54, 1.807) is 13.8 Å². The highest BCUT2D eigenvalue weighted by Crippen LogP contribution is 2.22. The highest BCUT2D eigenvalue weighted by molar-refractivity contribution is 5.79. The Morgan fingerprint density at radius 1 is 1.09 bits per heavy atom. The van der Waals surface area contributed by atoms with E-state index in [1.165, 1.54) is 5.56 Å². The fourth-order valence-corrected chi connectivity index (χ4v) is 2.07. The molecule has 1 amide bonds. The molecule has 0 bridgehead atoms. The Labute approximate surface area is 132 Å². The molecule has 1 rings (SSSR count). The van der Waals surface area contributed by atoms with Crippen molar-refractivity contribution < 1.29 is 14.7 Å². The Kier molecular flexibility index (Phi) is 6.15. The van der Waals surface area contributed by atoms with Crippen LogP contribution in [-0.4, -0.2) is 23.5 Å². The zero-order valence-corrected chi connectivity index (χ0v) is 14.1. The van der Waals surface area contributed by atoms with Gasteiger partial charge in [0.1, 0.15) is 0 Å². The number of amides is 1. The van der Waals surface area contributed by atoms with Crippen LogP contribution in [0.2, 0.25) is 0 Å². The average molecular weight is 305 g/mol. The predicted molar refractivity (Wildman–Crippen MR) is 88.0 cm³/mol. The molecular formula is C18H27NO3. The van der Waals surface area contributed by atoms with Crippen molar-refractivity contribution in [2.45, 2.75) is 52.9 Å². The van der Waals surface area contributed by atoms with Gasteiger partial charge >= 0.3 is 5.97 Å². The Morgan fingerprint density at radius 3 is 2.05 bits per heavy atom. The molecule has 122 valence electrons. The van der Waals surface area contributed by atoms with E-state index in [0.717, 1.165) is 5.56 Å². The Bertz CT molecular complexity index is 518. The predicted octanol–water partition coefficient (Wildman–Crippen LogP) is 3.53. The first-order chi connectivity index (χ1) is 10.1. The fourth-order valence-electron chi connectivity index (χ4n) is 2.07. The average Bonchev–Trinajstić information content (AvgIpc) is 2.45. The largest absolute Gasteiger partial charge is 0.481 e. The topological polar surface area (TPSA) is 66.4 Å². The highest BCUT2D eigenvalue weighted by atomic mass is 16.4. The number of carboxylic acid groups (broad SMARTS) is 1. The van der Waals surface area contributed by atoms with Gasteiger partial charge in [-0.1, -0.05) is 45.0 Å². The third-order valence-corrected chi connectivity index (χ3v) is 3.97. The van der Waals surface area contributed by atoms with Gasteiger partial charge in [-0.2, -0.15) is 0 Å². The maximum absolute atomic E-state index is 12.0. The van der Waals surface area contributed by atoms with E-state index in [2.05, 4.69) is 43.4 Å². The number of aliphatic carboxylic acids is 1. The van der Waals surface area contributed by atoms with Crippen LogP contribution in [0.25, 0.3) is 0 Å². The first-order valence-electron chi connectivity index (χ1n) is 7.73. The maximum atomic E-state index is 12.0. The Balaban J connectivity index is 2.55. The van der Waals surface area contributed by atoms with E-state index in [4.69, 9.17) is 5.11 Å². The second kappa shape index (κ2) is 7.43. The van der Waals surface area contributed by atoms with Crippen molar-refractivity contribution in [3.63, 3.8) is 0 Å². The summed E-state index contributed by atoms with van der Waals surface area (Å²) in [5.74, 6) is -0.431. The van der Waals surface area contributed by atoms with E-state index in [-0.39, 0.29) is 18.4 Å². The van der Waals surface area contributed by atoms with Crippen LogP contribution in [0.15, 0.2) is 24.3 Å². The van der Waals surface area contributed by atoms with Crippen LogP contribution in [0.1, 0.15) is 64.0 Å². The summed E-state index contributed by atoms with van der Waals surface area (Å²) in [6, 6.07) is 8.33. The molecule has 0 saturated carbocycles. The lowest BCUT2D eigenvalue weighted by Gasteiger charge is -2.20. The van der Waals surface area contributed by atoms with E-state index >= 15 is 0 Å². The number of hydrogen-bond donors (Lipinski definition) is 2. The molecule has 0 saturated heterocycles. The van der Waals surface area contributed by atoms with E-state index in [9.17, 15) is 9.59 Å². The summed E-state index contributed by atoms with van der Waals surface area (Å²) in [5.41, 5.74) is 1.46. The van der Waals surface area contributed by atoms with Crippen molar-refractivity contribution in [3.8, 4) is 0 Å². The number of hydrogen-bond acceptors (Lipinski definition) is 2. The lowest BCUT2D eigenvalue weighted by Crippen LogP contribution is -2.39. The van der Waals surface area contributed by atoms with Crippen LogP contribution in [0, 0.1) is 5.41 Å². The SMILES string of the molecule is CC(C)c1ccc(C(C)CC(=O)NCC(C)(C)C(=O)O)cc1. The van der Waals surface area contributed by atoms with Crippen LogP contribution in [0.5, 0.6) is 0 Å². The maximum Gasteiger partial charge on any atom is 0.310 e. The van der Waals surface area contributed by atoms with Crippen molar-refractivity contribution in [1.29, 1.82) is 0 Å². The summed E-state index contributed by atoms with van der Waals surface area (Å²) in [5, 5.41) is 11.7. The minimum atomic E-state index is -0.947. The minimum absolute atomic E-state index is 0.106. The van der Waals surface area contributed by atoms with Gasteiger partial charge in [0.25, 0.3) is 0 Å². The first-order valence-corrected chi connectivity index (χ1v) is 7.73. The summed E-state index contributed by atoms with van der Waals surface area (Å²) in [6.07, 6.45) is 0.358. The molecular weight excluding hydrogens is 278 g/mol. The fraction of sp³-hybridized carbons (Fsp3) is 0.556. The third-order valence-electron chi connectivity index (χ3n) is 3.97. The number of carboxylic acids is 1. The molecule has 0 heterocycles. The van der Waals surface area contributed by atoms with Gasteiger partial charge in [0, 0.05) is 13.0 Å². The first kappa shape index (κ1) is 18.2. The zero-order valence-electron chi connectivity index (χ0n) is 14.1. The highest BCUT2D eigenvalue weighted by Gasteiger charge is 2.27. The summed E-state index contributed by atoms with van der Waals surface area (Å²) in [7, 11) is 0. The molecule has 0 aliphatic rings. The van der Waals surface area contributed by atoms with Crippen molar-refractivity contribution in [3.05, 3.63) is 35.4 Å². The monoisotopic (exact) mass is 305 g/mol. The van der Waals surface area contributed by atoms with E-state index in [1.807, 2.05) is 6.92 Å². The van der Waals surface area contributed by atoms with Crippen molar-refractivity contribution in [2.75, 3.05) is 6.54 Å². The molecule has 1 atom stereocenters. The summed E-state index contributed by atoms with van der Waals surface area (Å²) in [6.45, 7) is 9.64. The van der Waals surface area contributed by atoms with Crippen molar-refractivity contribution >= 4 is 11.9 Å². The second-order valence-electron chi connectivity index (χ2n) is 6.89. The van der Waals surface area contributed by atoms with Gasteiger partial charge in [0.2, 0.25) is 5.91 Å². The van der Waals surface area contributed by atoms with Crippen LogP contribution < -0.4 is 5.32 Å². The molecule has 1 aromatic carbocycles. The van der Waals surface area contributed by atoms with Crippen molar-refractivity contribution in [2.24, 2.45) is 5.41 Å². The number of rotatable bonds is 7. The lowest BCUT2D eigenvalue weighted by molar-refractivity contribution is -0.146. The molecule has 0 radical (unpaired) electrons. The molecule has 22 heavy (non-hydrogen) atoms. The van der Waals surface area contributed by atoms with Crippen LogP contribution in [0.4, 0.5) is 0 Å². The van der Waals surface area contributed by atoms with E-state index < -0.39 is 11.4 Å². The van der Waals surface area contributed by atoms with Crippen molar-refractivity contribution in [1.82, 2.24) is 5.32 Å². The van der Waals surface area contributed by atoms with Gasteiger partial charge in [-0.05, 0) is 36.8 Å². The minimum Gasteiger partial charge on any atom is -0.481 e. The van der Waals surface area contributed by atoms with Gasteiger partial charge in [-0.3, -0.25) is 9.59 Å². The third kappa shape index (κ3) is 5.17. The molecule has 0 aliphatic heterocycles. The van der Waals surface area contributed by atoms with Gasteiger partial charge in [-0.15, -0.1) is 0 Å². The molecule has 4 nitrogen and oxygen atoms in total. The van der Waals surface area contributed by atoms with Gasteiger partial charge in [0.05, 0.1) is 5.41 Å². The number of benzene rings is 1. The molecule has 0 fully saturated rings. The van der Waals surface area contributed by atoms with Crippen LogP contribution in [0.3, 0.4) is 0 Å². The lowest BCUT2D eigenvalue weighted by atomic mass is 9.92. The molecule has 4 heteroatoms. The van der Waals surface area contributed by atoms with Gasteiger partial charge in [-0.25, -0.2) is 0 Å². The number of carbonyl (C=O) groups is 2. The zero-order chi connectivity index (χ0) is 16.9. The quantitative estimate of drug-likeness (QED) is 0.810. The molecule has 0 aromatic heterocycles. The molecule has 2 N–H and O–H groups in total. The Hall–Kier alpha value is -1.84. The summed E-state index contributed by atoms with van der Waals surface area (Å²) < 4.78 is 0. The number of carbonyl (C=O) groups excluding carboxylic acids is 1. The smallest absolute Gasteiger partial charge is 0.310 e. The van der Waals surface area contributed by atoms with Crippen LogP contribution >= 0.6 is 0 Å². The summed E-state index contributed by atoms with van der Waals surface area (Å²) in [4.78, 5) is 23.0. The molecule has 0 aliphatic carbocycles. The van der Waals surface area contributed by atoms with Crippen LogP contribution in [-0.2, 0) is 9.59 Å². The van der Waals surface area contributed by atoms with Gasteiger partial charge < -0.3 is 10.4 Å². The standard InChI is InChI=1S/C18H27NO3/c1-12(2)14-6-8-15(9-7-14)13(3)10-16(20)19-11-18(4,5)17(21)22/h6-9,12-13H,10-11H2,1-5H3,(H,19,20)(H,21,22). The molecule has 1 unspecified atom stereocenters. The molecule has 0 spiro atoms. The summed E-state index contributed by atoms with van der Waals surface area (Å²) >= 11 is 0.